The molecule has 0 aromatic heterocycles. The fourth-order valence-corrected chi connectivity index (χ4v) is 2.20. The van der Waals surface area contributed by atoms with E-state index in [2.05, 4.69) is 46.9 Å². The Bertz CT molecular complexity index is 165. The molecule has 1 N–H and O–H groups in total. The van der Waals surface area contributed by atoms with Gasteiger partial charge in [-0.3, -0.25) is 5.32 Å². The second kappa shape index (κ2) is 3.82. The molecule has 1 aliphatic rings. The number of rotatable bonds is 0. The minimum atomic E-state index is 0.236. The Labute approximate surface area is 88.4 Å². The fourth-order valence-electron chi connectivity index (χ4n) is 2.20. The van der Waals surface area contributed by atoms with Gasteiger partial charge in [0.1, 0.15) is 0 Å². The molecule has 1 heterocycles. The lowest BCUT2D eigenvalue weighted by Gasteiger charge is -2.46. The Hall–Kier alpha value is -0.0800. The highest BCUT2D eigenvalue weighted by Crippen LogP contribution is 2.39. The van der Waals surface area contributed by atoms with Crippen LogP contribution in [0, 0.1) is 16.7 Å². The van der Waals surface area contributed by atoms with Crippen molar-refractivity contribution >= 4 is 0 Å². The van der Waals surface area contributed by atoms with Crippen LogP contribution < -0.4 is 5.32 Å². The molecular formula is C12H25NO. The SMILES string of the molecule is CC(C)(C)C1CNCOC1C(C)(C)C. The lowest BCUT2D eigenvalue weighted by atomic mass is 9.69. The van der Waals surface area contributed by atoms with E-state index in [1.807, 2.05) is 0 Å². The Morgan fingerprint density at radius 3 is 1.93 bits per heavy atom. The van der Waals surface area contributed by atoms with Gasteiger partial charge in [0.2, 0.25) is 0 Å². The summed E-state index contributed by atoms with van der Waals surface area (Å²) in [5, 5.41) is 3.32. The van der Waals surface area contributed by atoms with Gasteiger partial charge < -0.3 is 4.74 Å². The molecule has 0 aromatic rings. The van der Waals surface area contributed by atoms with Crippen molar-refractivity contribution < 1.29 is 4.74 Å². The third kappa shape index (κ3) is 2.71. The summed E-state index contributed by atoms with van der Waals surface area (Å²) in [6, 6.07) is 0. The van der Waals surface area contributed by atoms with E-state index in [9.17, 15) is 0 Å². The summed E-state index contributed by atoms with van der Waals surface area (Å²) < 4.78 is 5.87. The van der Waals surface area contributed by atoms with Crippen LogP contribution in [0.1, 0.15) is 41.5 Å². The molecule has 1 aliphatic heterocycles. The van der Waals surface area contributed by atoms with Crippen LogP contribution in [-0.2, 0) is 4.74 Å². The average molecular weight is 199 g/mol. The molecule has 1 saturated heterocycles. The first-order chi connectivity index (χ1) is 6.23. The van der Waals surface area contributed by atoms with Crippen molar-refractivity contribution in [2.24, 2.45) is 16.7 Å². The summed E-state index contributed by atoms with van der Waals surface area (Å²) in [5.74, 6) is 0.594. The monoisotopic (exact) mass is 199 g/mol. The topological polar surface area (TPSA) is 21.3 Å². The van der Waals surface area contributed by atoms with Gasteiger partial charge in [-0.2, -0.15) is 0 Å². The minimum absolute atomic E-state index is 0.236. The quantitative estimate of drug-likeness (QED) is 0.647. The van der Waals surface area contributed by atoms with Gasteiger partial charge in [0, 0.05) is 12.5 Å². The van der Waals surface area contributed by atoms with Crippen molar-refractivity contribution in [2.45, 2.75) is 47.6 Å². The van der Waals surface area contributed by atoms with Crippen LogP contribution in [0.3, 0.4) is 0 Å². The van der Waals surface area contributed by atoms with Gasteiger partial charge >= 0.3 is 0 Å². The van der Waals surface area contributed by atoms with Crippen molar-refractivity contribution in [1.29, 1.82) is 0 Å². The molecule has 0 bridgehead atoms. The van der Waals surface area contributed by atoms with E-state index in [1.54, 1.807) is 0 Å². The maximum Gasteiger partial charge on any atom is 0.0969 e. The highest BCUT2D eigenvalue weighted by Gasteiger charge is 2.41. The van der Waals surface area contributed by atoms with Gasteiger partial charge in [-0.25, -0.2) is 0 Å². The predicted octanol–water partition coefficient (Wildman–Crippen LogP) is 2.64. The molecule has 0 saturated carbocycles. The maximum absolute atomic E-state index is 5.87. The van der Waals surface area contributed by atoms with Gasteiger partial charge in [0.05, 0.1) is 12.8 Å². The zero-order valence-corrected chi connectivity index (χ0v) is 10.5. The van der Waals surface area contributed by atoms with Crippen molar-refractivity contribution in [3.63, 3.8) is 0 Å². The Balaban J connectivity index is 2.80. The van der Waals surface area contributed by atoms with Crippen molar-refractivity contribution in [3.05, 3.63) is 0 Å². The maximum atomic E-state index is 5.87. The zero-order chi connectivity index (χ0) is 11.0. The fraction of sp³-hybridized carbons (Fsp3) is 1.00. The summed E-state index contributed by atoms with van der Waals surface area (Å²) in [7, 11) is 0. The Morgan fingerprint density at radius 1 is 1.00 bits per heavy atom. The molecule has 0 amide bonds. The number of nitrogens with one attached hydrogen (secondary N) is 1. The average Bonchev–Trinajstić information content (AvgIpc) is 2.01. The highest BCUT2D eigenvalue weighted by atomic mass is 16.5. The molecule has 0 aromatic carbocycles. The van der Waals surface area contributed by atoms with Crippen molar-refractivity contribution in [2.75, 3.05) is 13.3 Å². The van der Waals surface area contributed by atoms with Crippen LogP contribution in [0.25, 0.3) is 0 Å². The van der Waals surface area contributed by atoms with Crippen LogP contribution in [0.2, 0.25) is 0 Å². The zero-order valence-electron chi connectivity index (χ0n) is 10.5. The molecular weight excluding hydrogens is 174 g/mol. The number of hydrogen-bond acceptors (Lipinski definition) is 2. The second-order valence-corrected chi connectivity index (χ2v) is 6.52. The molecule has 1 fully saturated rings. The highest BCUT2D eigenvalue weighted by molar-refractivity contribution is 4.90. The van der Waals surface area contributed by atoms with Crippen LogP contribution in [0.4, 0.5) is 0 Å². The van der Waals surface area contributed by atoms with Crippen LogP contribution in [0.15, 0.2) is 0 Å². The Morgan fingerprint density at radius 2 is 1.57 bits per heavy atom. The number of ether oxygens (including phenoxy) is 1. The summed E-state index contributed by atoms with van der Waals surface area (Å²) in [6.07, 6.45) is 0.365. The molecule has 2 atom stereocenters. The molecule has 84 valence electrons. The van der Waals surface area contributed by atoms with E-state index in [1.165, 1.54) is 0 Å². The van der Waals surface area contributed by atoms with Crippen molar-refractivity contribution in [3.8, 4) is 0 Å². The summed E-state index contributed by atoms with van der Waals surface area (Å²) in [5.41, 5.74) is 0.547. The molecule has 0 spiro atoms. The molecule has 14 heavy (non-hydrogen) atoms. The first kappa shape index (κ1) is 12.0. The number of hydrogen-bond donors (Lipinski definition) is 1. The molecule has 0 aliphatic carbocycles. The largest absolute Gasteiger partial charge is 0.362 e. The van der Waals surface area contributed by atoms with E-state index < -0.39 is 0 Å². The molecule has 0 radical (unpaired) electrons. The van der Waals surface area contributed by atoms with E-state index in [4.69, 9.17) is 4.74 Å². The van der Waals surface area contributed by atoms with Gasteiger partial charge in [-0.1, -0.05) is 41.5 Å². The lowest BCUT2D eigenvalue weighted by molar-refractivity contribution is -0.117. The first-order valence-electron chi connectivity index (χ1n) is 5.55. The lowest BCUT2D eigenvalue weighted by Crippen LogP contribution is -2.52. The Kier molecular flexibility index (Phi) is 3.27. The van der Waals surface area contributed by atoms with Gasteiger partial charge in [0.25, 0.3) is 0 Å². The van der Waals surface area contributed by atoms with E-state index in [0.717, 1.165) is 6.54 Å². The van der Waals surface area contributed by atoms with E-state index in [-0.39, 0.29) is 5.41 Å². The molecule has 2 heteroatoms. The van der Waals surface area contributed by atoms with E-state index >= 15 is 0 Å². The molecule has 1 rings (SSSR count). The normalized spacial score (nSPS) is 30.4. The standard InChI is InChI=1S/C12H25NO/c1-11(2,3)9-7-13-8-14-10(9)12(4,5)6/h9-10,13H,7-8H2,1-6H3. The molecule has 2 unspecified atom stereocenters. The third-order valence-corrected chi connectivity index (χ3v) is 3.06. The van der Waals surface area contributed by atoms with Gasteiger partial charge in [0.15, 0.2) is 0 Å². The minimum Gasteiger partial charge on any atom is -0.362 e. The van der Waals surface area contributed by atoms with E-state index in [0.29, 0.717) is 24.2 Å². The van der Waals surface area contributed by atoms with Crippen LogP contribution in [-0.4, -0.2) is 19.4 Å². The van der Waals surface area contributed by atoms with Gasteiger partial charge in [-0.15, -0.1) is 0 Å². The van der Waals surface area contributed by atoms with Gasteiger partial charge in [-0.05, 0) is 10.8 Å². The molecule has 2 nitrogen and oxygen atoms in total. The first-order valence-corrected chi connectivity index (χ1v) is 5.55. The summed E-state index contributed by atoms with van der Waals surface area (Å²) >= 11 is 0. The summed E-state index contributed by atoms with van der Waals surface area (Å²) in [6.45, 7) is 15.5. The summed E-state index contributed by atoms with van der Waals surface area (Å²) in [4.78, 5) is 0. The predicted molar refractivity (Wildman–Crippen MR) is 60.1 cm³/mol. The third-order valence-electron chi connectivity index (χ3n) is 3.06. The smallest absolute Gasteiger partial charge is 0.0969 e. The second-order valence-electron chi connectivity index (χ2n) is 6.52. The van der Waals surface area contributed by atoms with Crippen LogP contribution >= 0.6 is 0 Å². The van der Waals surface area contributed by atoms with Crippen molar-refractivity contribution in [1.82, 2.24) is 5.32 Å². The van der Waals surface area contributed by atoms with Crippen LogP contribution in [0.5, 0.6) is 0 Å².